The molecule has 0 saturated heterocycles. The van der Waals surface area contributed by atoms with Gasteiger partial charge in [-0.05, 0) is 26.7 Å². The van der Waals surface area contributed by atoms with Gasteiger partial charge in [-0.2, -0.15) is 0 Å². The number of amides is 2. The molecule has 0 radical (unpaired) electrons. The van der Waals surface area contributed by atoms with Gasteiger partial charge >= 0.3 is 0 Å². The molecule has 6 heteroatoms. The number of hydrogen-bond donors (Lipinski definition) is 2. The Labute approximate surface area is 283 Å². The molecular weight excluding hydrogens is 596 g/mol. The number of carbonyl (C=O) groups excluding carboxylic acids is 2. The van der Waals surface area contributed by atoms with E-state index in [0.717, 1.165) is 47.9 Å². The first-order chi connectivity index (χ1) is 23.4. The van der Waals surface area contributed by atoms with Crippen molar-refractivity contribution in [3.05, 3.63) is 166 Å². The minimum atomic E-state index is -0.715. The highest BCUT2D eigenvalue weighted by Crippen LogP contribution is 2.48. The van der Waals surface area contributed by atoms with Gasteiger partial charge in [-0.1, -0.05) is 134 Å². The Bertz CT molecular complexity index is 1550. The van der Waals surface area contributed by atoms with Gasteiger partial charge in [-0.25, -0.2) is 0 Å². The minimum Gasteiger partial charge on any atom is -0.482 e. The van der Waals surface area contributed by atoms with Crippen molar-refractivity contribution in [2.45, 2.75) is 63.6 Å². The van der Waals surface area contributed by atoms with Crippen LogP contribution in [0.3, 0.4) is 0 Å². The fourth-order valence-electron chi connectivity index (χ4n) is 6.97. The molecule has 0 bridgehead atoms. The molecule has 4 aromatic carbocycles. The Morgan fingerprint density at radius 1 is 0.500 bits per heavy atom. The van der Waals surface area contributed by atoms with Crippen molar-refractivity contribution in [2.24, 2.45) is 0 Å². The summed E-state index contributed by atoms with van der Waals surface area (Å²) in [5, 5.41) is 6.23. The molecule has 2 aliphatic heterocycles. The van der Waals surface area contributed by atoms with Crippen molar-refractivity contribution in [1.82, 2.24) is 10.6 Å². The van der Waals surface area contributed by atoms with Crippen molar-refractivity contribution in [1.29, 1.82) is 0 Å². The number of unbranched alkanes of at least 4 members (excludes halogenated alkanes) is 3. The third-order valence-electron chi connectivity index (χ3n) is 9.54. The lowest BCUT2D eigenvalue weighted by atomic mass is 9.82. The standard InChI is InChI=1S/C42H44N2O4/c1-31-37(29-41(47-31,33-19-9-5-10-20-33)34-21-11-6-12-22-34)39(45)43-27-17-3-4-18-28-44-40(46)38-30-42(48-32(38)2,35-23-13-7-14-24-35)36-25-15-8-16-26-36/h5-16,19-26H,3-4,17-18,27-30H2,1-2H3,(H,43,45)(H,44,46). The van der Waals surface area contributed by atoms with Crippen LogP contribution in [0.25, 0.3) is 0 Å². The highest BCUT2D eigenvalue weighted by atomic mass is 16.5. The van der Waals surface area contributed by atoms with Crippen LogP contribution in [0, 0.1) is 0 Å². The molecule has 2 heterocycles. The zero-order chi connectivity index (χ0) is 33.4. The van der Waals surface area contributed by atoms with E-state index in [1.54, 1.807) is 0 Å². The smallest absolute Gasteiger partial charge is 0.250 e. The summed E-state index contributed by atoms with van der Waals surface area (Å²) < 4.78 is 13.0. The Balaban J connectivity index is 0.948. The first-order valence-corrected chi connectivity index (χ1v) is 17.0. The highest BCUT2D eigenvalue weighted by Gasteiger charge is 2.45. The summed E-state index contributed by atoms with van der Waals surface area (Å²) in [6.07, 6.45) is 4.61. The van der Waals surface area contributed by atoms with Gasteiger partial charge in [0.25, 0.3) is 11.8 Å². The fraction of sp³-hybridized carbons (Fsp3) is 0.286. The maximum atomic E-state index is 13.3. The number of nitrogens with one attached hydrogen (secondary N) is 2. The number of benzene rings is 4. The van der Waals surface area contributed by atoms with Crippen molar-refractivity contribution < 1.29 is 19.1 Å². The Hall–Kier alpha value is -5.10. The fourth-order valence-corrected chi connectivity index (χ4v) is 6.97. The Morgan fingerprint density at radius 3 is 1.08 bits per heavy atom. The van der Waals surface area contributed by atoms with Gasteiger partial charge in [0.15, 0.2) is 11.2 Å². The van der Waals surface area contributed by atoms with E-state index in [4.69, 9.17) is 9.47 Å². The average Bonchev–Trinajstić information content (AvgIpc) is 3.69. The maximum Gasteiger partial charge on any atom is 0.250 e. The normalized spacial score (nSPS) is 16.3. The van der Waals surface area contributed by atoms with E-state index >= 15 is 0 Å². The molecular formula is C42H44N2O4. The van der Waals surface area contributed by atoms with Crippen LogP contribution < -0.4 is 10.6 Å². The molecule has 246 valence electrons. The number of hydrogen-bond acceptors (Lipinski definition) is 4. The predicted molar refractivity (Wildman–Crippen MR) is 189 cm³/mol. The second kappa shape index (κ2) is 14.8. The molecule has 0 aromatic heterocycles. The summed E-state index contributed by atoms with van der Waals surface area (Å²) in [6.45, 7) is 4.96. The van der Waals surface area contributed by atoms with Crippen LogP contribution in [-0.2, 0) is 30.3 Å². The van der Waals surface area contributed by atoms with Crippen molar-refractivity contribution in [3.63, 3.8) is 0 Å². The van der Waals surface area contributed by atoms with E-state index < -0.39 is 11.2 Å². The number of ether oxygens (including phenoxy) is 2. The summed E-state index contributed by atoms with van der Waals surface area (Å²) >= 11 is 0. The monoisotopic (exact) mass is 640 g/mol. The minimum absolute atomic E-state index is 0.0713. The predicted octanol–water partition coefficient (Wildman–Crippen LogP) is 8.06. The lowest BCUT2D eigenvalue weighted by Crippen LogP contribution is -2.30. The van der Waals surface area contributed by atoms with E-state index in [-0.39, 0.29) is 11.8 Å². The van der Waals surface area contributed by atoms with Crippen LogP contribution in [0.15, 0.2) is 144 Å². The van der Waals surface area contributed by atoms with Gasteiger partial charge in [0.2, 0.25) is 0 Å². The Kier molecular flexibility index (Phi) is 10.1. The second-order valence-electron chi connectivity index (χ2n) is 12.7. The van der Waals surface area contributed by atoms with Crippen LogP contribution in [0.1, 0.15) is 74.6 Å². The van der Waals surface area contributed by atoms with Crippen molar-refractivity contribution in [2.75, 3.05) is 13.1 Å². The molecule has 0 fully saturated rings. The van der Waals surface area contributed by atoms with Gasteiger partial charge in [-0.3, -0.25) is 9.59 Å². The average molecular weight is 641 g/mol. The number of carbonyl (C=O) groups is 2. The van der Waals surface area contributed by atoms with E-state index in [2.05, 4.69) is 59.2 Å². The summed E-state index contributed by atoms with van der Waals surface area (Å²) in [7, 11) is 0. The third-order valence-corrected chi connectivity index (χ3v) is 9.54. The summed E-state index contributed by atoms with van der Waals surface area (Å²) in [4.78, 5) is 26.6. The topological polar surface area (TPSA) is 76.7 Å². The molecule has 6 rings (SSSR count). The van der Waals surface area contributed by atoms with Crippen molar-refractivity contribution in [3.8, 4) is 0 Å². The van der Waals surface area contributed by atoms with Crippen LogP contribution >= 0.6 is 0 Å². The number of allylic oxidation sites excluding steroid dienone is 2. The molecule has 2 N–H and O–H groups in total. The van der Waals surface area contributed by atoms with Crippen molar-refractivity contribution >= 4 is 11.8 Å². The van der Waals surface area contributed by atoms with Crippen LogP contribution in [0.5, 0.6) is 0 Å². The maximum absolute atomic E-state index is 13.3. The van der Waals surface area contributed by atoms with Gasteiger partial charge in [0.05, 0.1) is 11.1 Å². The molecule has 2 amide bonds. The van der Waals surface area contributed by atoms with E-state index in [0.29, 0.717) is 48.6 Å². The number of rotatable bonds is 13. The summed E-state index contributed by atoms with van der Waals surface area (Å²) in [6, 6.07) is 40.5. The van der Waals surface area contributed by atoms with Crippen LogP contribution in [-0.4, -0.2) is 24.9 Å². The molecule has 0 atom stereocenters. The van der Waals surface area contributed by atoms with Gasteiger partial charge in [-0.15, -0.1) is 0 Å². The molecule has 6 nitrogen and oxygen atoms in total. The molecule has 0 spiro atoms. The van der Waals surface area contributed by atoms with E-state index in [1.807, 2.05) is 86.6 Å². The quantitative estimate of drug-likeness (QED) is 0.145. The zero-order valence-electron chi connectivity index (χ0n) is 27.8. The first kappa shape index (κ1) is 32.8. The Morgan fingerprint density at radius 2 is 0.792 bits per heavy atom. The first-order valence-electron chi connectivity index (χ1n) is 17.0. The largest absolute Gasteiger partial charge is 0.482 e. The lowest BCUT2D eigenvalue weighted by Gasteiger charge is -2.31. The zero-order valence-corrected chi connectivity index (χ0v) is 27.8. The second-order valence-corrected chi connectivity index (χ2v) is 12.7. The van der Waals surface area contributed by atoms with Gasteiger partial charge < -0.3 is 20.1 Å². The van der Waals surface area contributed by atoms with E-state index in [1.165, 1.54) is 0 Å². The molecule has 2 aliphatic rings. The summed E-state index contributed by atoms with van der Waals surface area (Å²) in [5.74, 6) is 1.19. The van der Waals surface area contributed by atoms with Crippen LogP contribution in [0.4, 0.5) is 0 Å². The van der Waals surface area contributed by atoms with Gasteiger partial charge in [0.1, 0.15) is 11.5 Å². The molecule has 0 aliphatic carbocycles. The third kappa shape index (κ3) is 6.79. The molecule has 48 heavy (non-hydrogen) atoms. The SMILES string of the molecule is CC1=C(C(=O)NCCCCCCNC(=O)C2=C(C)OC(c3ccccc3)(c3ccccc3)C2)CC(c2ccccc2)(c2ccccc2)O1. The van der Waals surface area contributed by atoms with Gasteiger partial charge in [0, 0.05) is 48.2 Å². The molecule has 0 unspecified atom stereocenters. The molecule has 4 aromatic rings. The van der Waals surface area contributed by atoms with E-state index in [9.17, 15) is 9.59 Å². The lowest BCUT2D eigenvalue weighted by molar-refractivity contribution is -0.118. The highest BCUT2D eigenvalue weighted by molar-refractivity contribution is 5.95. The molecule has 0 saturated carbocycles. The summed E-state index contributed by atoms with van der Waals surface area (Å²) in [5.41, 5.74) is 4.08. The van der Waals surface area contributed by atoms with Crippen LogP contribution in [0.2, 0.25) is 0 Å².